The lowest BCUT2D eigenvalue weighted by atomic mass is 9.75. The highest BCUT2D eigenvalue weighted by molar-refractivity contribution is 5.88. The molecule has 0 N–H and O–H groups in total. The summed E-state index contributed by atoms with van der Waals surface area (Å²) in [6, 6.07) is -0.623. The van der Waals surface area contributed by atoms with E-state index < -0.39 is 11.6 Å². The molecule has 0 radical (unpaired) electrons. The number of likely N-dealkylation sites (N-methyl/N-ethyl adjacent to an activating group) is 2. The standard InChI is InChI=1S/C32H54N6O6/c1-31(2,3)44-30(42)38-19-15-32(16-20-38)14-8-9-17-35(5)29(41)26(37(7)28(40)23-43-24-32)11-10-18-34(4)27(39)13-12-25-21-33-36(6)22-25/h21-22,26H,8-20,23-24H2,1-7H3/t26-/m0/s1. The van der Waals surface area contributed by atoms with Crippen LogP contribution in [0.1, 0.15) is 77.7 Å². The first-order chi connectivity index (χ1) is 20.7. The van der Waals surface area contributed by atoms with Gasteiger partial charge in [0.15, 0.2) is 0 Å². The maximum atomic E-state index is 13.5. The quantitative estimate of drug-likeness (QED) is 0.461. The Morgan fingerprint density at radius 3 is 2.43 bits per heavy atom. The van der Waals surface area contributed by atoms with Gasteiger partial charge in [0, 0.05) is 67.0 Å². The fourth-order valence-electron chi connectivity index (χ4n) is 5.97. The van der Waals surface area contributed by atoms with Crippen molar-refractivity contribution >= 4 is 23.8 Å². The third-order valence-electron chi connectivity index (χ3n) is 8.87. The minimum absolute atomic E-state index is 0.0379. The Hall–Kier alpha value is -3.15. The van der Waals surface area contributed by atoms with Crippen molar-refractivity contribution in [1.82, 2.24) is 29.4 Å². The van der Waals surface area contributed by atoms with Crippen LogP contribution in [0.4, 0.5) is 4.79 Å². The average molecular weight is 619 g/mol. The second-order valence-corrected chi connectivity index (χ2v) is 13.7. The molecule has 0 bridgehead atoms. The number of nitrogens with zero attached hydrogens (tertiary/aromatic N) is 6. The van der Waals surface area contributed by atoms with Gasteiger partial charge in [-0.25, -0.2) is 4.79 Å². The number of likely N-dealkylation sites (tertiary alicyclic amines) is 1. The van der Waals surface area contributed by atoms with Crippen molar-refractivity contribution in [3.8, 4) is 0 Å². The molecule has 12 heteroatoms. The molecule has 1 aromatic rings. The maximum absolute atomic E-state index is 13.5. The Kier molecular flexibility index (Phi) is 12.6. The molecule has 3 heterocycles. The Bertz CT molecular complexity index is 1120. The molecule has 248 valence electrons. The van der Waals surface area contributed by atoms with Crippen molar-refractivity contribution in [1.29, 1.82) is 0 Å². The van der Waals surface area contributed by atoms with E-state index in [-0.39, 0.29) is 35.8 Å². The first-order valence-electron chi connectivity index (χ1n) is 16.0. The molecule has 44 heavy (non-hydrogen) atoms. The molecule has 0 aromatic carbocycles. The van der Waals surface area contributed by atoms with Gasteiger partial charge < -0.3 is 29.1 Å². The van der Waals surface area contributed by atoms with Gasteiger partial charge in [0.1, 0.15) is 18.2 Å². The second-order valence-electron chi connectivity index (χ2n) is 13.7. The lowest BCUT2D eigenvalue weighted by Gasteiger charge is -2.42. The van der Waals surface area contributed by atoms with Crippen LogP contribution in [0.25, 0.3) is 0 Å². The highest BCUT2D eigenvalue weighted by Gasteiger charge is 2.38. The summed E-state index contributed by atoms with van der Waals surface area (Å²) in [6.07, 6.45) is 9.70. The van der Waals surface area contributed by atoms with E-state index in [0.717, 1.165) is 37.7 Å². The predicted molar refractivity (Wildman–Crippen MR) is 167 cm³/mol. The summed E-state index contributed by atoms with van der Waals surface area (Å²) in [7, 11) is 7.09. The average Bonchev–Trinajstić information content (AvgIpc) is 3.39. The van der Waals surface area contributed by atoms with Crippen molar-refractivity contribution in [2.45, 2.75) is 90.2 Å². The number of piperidine rings is 1. The number of hydrogen-bond acceptors (Lipinski definition) is 7. The largest absolute Gasteiger partial charge is 0.444 e. The molecule has 2 aliphatic rings. The molecule has 0 unspecified atom stereocenters. The molecule has 1 spiro atoms. The fourth-order valence-corrected chi connectivity index (χ4v) is 5.97. The molecule has 1 atom stereocenters. The summed E-state index contributed by atoms with van der Waals surface area (Å²) < 4.78 is 13.3. The normalized spacial score (nSPS) is 20.6. The van der Waals surface area contributed by atoms with E-state index in [1.807, 2.05) is 34.0 Å². The van der Waals surface area contributed by atoms with E-state index in [9.17, 15) is 19.2 Å². The van der Waals surface area contributed by atoms with Gasteiger partial charge in [0.05, 0.1) is 12.8 Å². The van der Waals surface area contributed by atoms with Crippen LogP contribution in [0, 0.1) is 5.41 Å². The van der Waals surface area contributed by atoms with E-state index in [1.165, 1.54) is 4.90 Å². The number of hydrogen-bond donors (Lipinski definition) is 0. The van der Waals surface area contributed by atoms with Crippen molar-refractivity contribution in [3.05, 3.63) is 18.0 Å². The topological polar surface area (TPSA) is 118 Å². The monoisotopic (exact) mass is 618 g/mol. The lowest BCUT2D eigenvalue weighted by molar-refractivity contribution is -0.147. The molecule has 0 saturated carbocycles. The summed E-state index contributed by atoms with van der Waals surface area (Å²) in [6.45, 7) is 8.22. The Morgan fingerprint density at radius 2 is 1.80 bits per heavy atom. The molecule has 2 aliphatic heterocycles. The number of ether oxygens (including phenoxy) is 2. The van der Waals surface area contributed by atoms with Crippen molar-refractivity contribution < 1.29 is 28.7 Å². The number of rotatable bonds is 7. The smallest absolute Gasteiger partial charge is 0.410 e. The molecule has 1 aromatic heterocycles. The van der Waals surface area contributed by atoms with Crippen LogP contribution < -0.4 is 0 Å². The first-order valence-corrected chi connectivity index (χ1v) is 16.0. The van der Waals surface area contributed by atoms with E-state index >= 15 is 0 Å². The van der Waals surface area contributed by atoms with Crippen molar-refractivity contribution in [2.75, 3.05) is 60.5 Å². The van der Waals surface area contributed by atoms with Crippen LogP contribution in [0.15, 0.2) is 12.4 Å². The zero-order valence-electron chi connectivity index (χ0n) is 28.0. The van der Waals surface area contributed by atoms with Gasteiger partial charge in [0.25, 0.3) is 0 Å². The number of carbonyl (C=O) groups is 4. The Labute approximate surface area is 263 Å². The molecule has 2 saturated heterocycles. The Balaban J connectivity index is 1.55. The summed E-state index contributed by atoms with van der Waals surface area (Å²) in [4.78, 5) is 58.7. The second kappa shape index (κ2) is 15.7. The van der Waals surface area contributed by atoms with Gasteiger partial charge in [-0.15, -0.1) is 0 Å². The van der Waals surface area contributed by atoms with Gasteiger partial charge in [0.2, 0.25) is 17.7 Å². The molecule has 2 fully saturated rings. The third kappa shape index (κ3) is 10.5. The van der Waals surface area contributed by atoms with E-state index in [2.05, 4.69) is 5.10 Å². The summed E-state index contributed by atoms with van der Waals surface area (Å²) in [5.74, 6) is -0.291. The summed E-state index contributed by atoms with van der Waals surface area (Å²) >= 11 is 0. The zero-order valence-corrected chi connectivity index (χ0v) is 28.0. The van der Waals surface area contributed by atoms with Crippen LogP contribution >= 0.6 is 0 Å². The summed E-state index contributed by atoms with van der Waals surface area (Å²) in [5, 5.41) is 4.15. The molecule has 3 rings (SSSR count). The first kappa shape index (κ1) is 35.3. The van der Waals surface area contributed by atoms with Crippen LogP contribution in [0.5, 0.6) is 0 Å². The molecular formula is C32H54N6O6. The zero-order chi connectivity index (χ0) is 32.5. The number of aryl methyl sites for hydroxylation is 2. The SMILES string of the molecule is CN(CCC[C@H]1C(=O)N(C)CCCCC2(CCN(C(=O)OC(C)(C)C)CC2)COCC(=O)N1C)C(=O)CCc1cnn(C)c1. The van der Waals surface area contributed by atoms with Crippen LogP contribution in [-0.2, 0) is 37.3 Å². The molecule has 0 aliphatic carbocycles. The van der Waals surface area contributed by atoms with Gasteiger partial charge in [-0.05, 0) is 76.7 Å². The van der Waals surface area contributed by atoms with Gasteiger partial charge in [-0.3, -0.25) is 19.1 Å². The minimum Gasteiger partial charge on any atom is -0.444 e. The number of aromatic nitrogens is 2. The maximum Gasteiger partial charge on any atom is 0.410 e. The fraction of sp³-hybridized carbons (Fsp3) is 0.781. The van der Waals surface area contributed by atoms with Crippen LogP contribution in [0.3, 0.4) is 0 Å². The highest BCUT2D eigenvalue weighted by Crippen LogP contribution is 2.37. The predicted octanol–water partition coefficient (Wildman–Crippen LogP) is 3.09. The molecule has 4 amide bonds. The van der Waals surface area contributed by atoms with Gasteiger partial charge >= 0.3 is 6.09 Å². The van der Waals surface area contributed by atoms with E-state index in [1.54, 1.807) is 46.7 Å². The van der Waals surface area contributed by atoms with Gasteiger partial charge in [-0.2, -0.15) is 5.10 Å². The summed E-state index contributed by atoms with van der Waals surface area (Å²) in [5.41, 5.74) is 0.357. The van der Waals surface area contributed by atoms with E-state index in [4.69, 9.17) is 9.47 Å². The Morgan fingerprint density at radius 1 is 1.09 bits per heavy atom. The van der Waals surface area contributed by atoms with E-state index in [0.29, 0.717) is 58.5 Å². The van der Waals surface area contributed by atoms with Crippen molar-refractivity contribution in [2.24, 2.45) is 12.5 Å². The minimum atomic E-state index is -0.623. The van der Waals surface area contributed by atoms with Gasteiger partial charge in [-0.1, -0.05) is 6.42 Å². The highest BCUT2D eigenvalue weighted by atomic mass is 16.6. The van der Waals surface area contributed by atoms with Crippen LogP contribution in [0.2, 0.25) is 0 Å². The molecular weight excluding hydrogens is 564 g/mol. The number of carbonyl (C=O) groups excluding carboxylic acids is 4. The van der Waals surface area contributed by atoms with Crippen molar-refractivity contribution in [3.63, 3.8) is 0 Å². The van der Waals surface area contributed by atoms with Crippen LogP contribution in [-0.4, -0.2) is 125 Å². The molecule has 12 nitrogen and oxygen atoms in total. The lowest BCUT2D eigenvalue weighted by Crippen LogP contribution is -2.50. The third-order valence-corrected chi connectivity index (χ3v) is 8.87. The number of amides is 4.